The molecule has 0 saturated carbocycles. The van der Waals surface area contributed by atoms with Crippen molar-refractivity contribution in [1.82, 2.24) is 0 Å². The molecule has 2 aromatic rings. The molecule has 1 nitrogen and oxygen atoms in total. The van der Waals surface area contributed by atoms with Crippen LogP contribution in [0, 0.1) is 7.14 Å². The third-order valence-electron chi connectivity index (χ3n) is 2.70. The van der Waals surface area contributed by atoms with E-state index in [0.717, 1.165) is 0 Å². The highest BCUT2D eigenvalue weighted by Crippen LogP contribution is 2.25. The number of phenols is 1. The van der Waals surface area contributed by atoms with Gasteiger partial charge in [0.25, 0.3) is 0 Å². The Labute approximate surface area is 119 Å². The number of hydrogen-bond donors (Lipinski definition) is 1. The van der Waals surface area contributed by atoms with E-state index in [1.54, 1.807) is 6.07 Å². The van der Waals surface area contributed by atoms with Crippen LogP contribution in [-0.2, 0) is 5.41 Å². The summed E-state index contributed by atoms with van der Waals surface area (Å²) in [7, 11) is 0. The smallest absolute Gasteiger partial charge is 0.358 e. The molecule has 1 N–H and O–H groups in total. The van der Waals surface area contributed by atoms with Gasteiger partial charge in [-0.15, -0.1) is 0 Å². The average Bonchev–Trinajstić information content (AvgIpc) is 2.31. The Morgan fingerprint density at radius 1 is 0.944 bits per heavy atom. The van der Waals surface area contributed by atoms with Crippen molar-refractivity contribution in [1.29, 1.82) is 0 Å². The van der Waals surface area contributed by atoms with Crippen LogP contribution in [0.1, 0.15) is 26.3 Å². The van der Waals surface area contributed by atoms with E-state index in [1.165, 1.54) is 12.7 Å². The SMILES string of the molecule is CC(C)(C)c1cc(O)ccc1[I+]c1ccccc1. The molecule has 2 heteroatoms. The lowest BCUT2D eigenvalue weighted by Crippen LogP contribution is -3.61. The van der Waals surface area contributed by atoms with Gasteiger partial charge in [-0.05, 0) is 35.7 Å². The first-order valence-electron chi connectivity index (χ1n) is 6.00. The van der Waals surface area contributed by atoms with Crippen molar-refractivity contribution in [2.45, 2.75) is 26.2 Å². The molecule has 0 aliphatic carbocycles. The van der Waals surface area contributed by atoms with Gasteiger partial charge >= 0.3 is 21.2 Å². The van der Waals surface area contributed by atoms with Crippen molar-refractivity contribution >= 4 is 0 Å². The number of rotatable bonds is 2. The summed E-state index contributed by atoms with van der Waals surface area (Å²) < 4.78 is 2.80. The fourth-order valence-electron chi connectivity index (χ4n) is 1.77. The molecule has 0 fully saturated rings. The van der Waals surface area contributed by atoms with Crippen LogP contribution in [0.5, 0.6) is 5.75 Å². The Morgan fingerprint density at radius 2 is 1.61 bits per heavy atom. The lowest BCUT2D eigenvalue weighted by atomic mass is 9.87. The van der Waals surface area contributed by atoms with Gasteiger partial charge in [0.05, 0.1) is 0 Å². The zero-order valence-electron chi connectivity index (χ0n) is 10.9. The third-order valence-corrected chi connectivity index (χ3v) is 5.57. The van der Waals surface area contributed by atoms with Crippen LogP contribution in [0.2, 0.25) is 0 Å². The Morgan fingerprint density at radius 3 is 2.22 bits per heavy atom. The van der Waals surface area contributed by atoms with Crippen LogP contribution in [0.25, 0.3) is 0 Å². The maximum absolute atomic E-state index is 9.68. The van der Waals surface area contributed by atoms with Gasteiger partial charge in [0.1, 0.15) is 5.75 Å². The van der Waals surface area contributed by atoms with Crippen molar-refractivity contribution in [2.75, 3.05) is 0 Å². The zero-order valence-corrected chi connectivity index (χ0v) is 13.1. The topological polar surface area (TPSA) is 20.2 Å². The van der Waals surface area contributed by atoms with Gasteiger partial charge in [-0.1, -0.05) is 39.0 Å². The molecule has 2 aromatic carbocycles. The molecule has 0 aliphatic rings. The number of benzene rings is 2. The molecule has 0 saturated heterocycles. The Hall–Kier alpha value is -1.03. The minimum absolute atomic E-state index is 0.0720. The second kappa shape index (κ2) is 5.31. The van der Waals surface area contributed by atoms with Crippen LogP contribution in [0.15, 0.2) is 48.5 Å². The summed E-state index contributed by atoms with van der Waals surface area (Å²) >= 11 is -0.183. The van der Waals surface area contributed by atoms with Gasteiger partial charge in [-0.2, -0.15) is 0 Å². The number of aromatic hydroxyl groups is 1. The molecule has 0 aromatic heterocycles. The molecule has 0 atom stereocenters. The monoisotopic (exact) mass is 353 g/mol. The lowest BCUT2D eigenvalue weighted by molar-refractivity contribution is -0.598. The van der Waals surface area contributed by atoms with E-state index in [1.807, 2.05) is 6.07 Å². The molecular formula is C16H18IO+. The van der Waals surface area contributed by atoms with Gasteiger partial charge in [-0.3, -0.25) is 0 Å². The number of phenolic OH excluding ortho intramolecular Hbond substituents is 1. The zero-order chi connectivity index (χ0) is 13.2. The van der Waals surface area contributed by atoms with Gasteiger partial charge < -0.3 is 5.11 Å². The molecule has 0 heterocycles. The molecule has 0 spiro atoms. The number of hydrogen-bond acceptors (Lipinski definition) is 1. The molecule has 0 bridgehead atoms. The van der Waals surface area contributed by atoms with Crippen LogP contribution in [-0.4, -0.2) is 5.11 Å². The quantitative estimate of drug-likeness (QED) is 0.793. The average molecular weight is 353 g/mol. The summed E-state index contributed by atoms with van der Waals surface area (Å²) in [6.45, 7) is 6.58. The Kier molecular flexibility index (Phi) is 3.95. The highest BCUT2D eigenvalue weighted by Gasteiger charge is 2.27. The summed E-state index contributed by atoms with van der Waals surface area (Å²) in [6.07, 6.45) is 0. The van der Waals surface area contributed by atoms with Gasteiger partial charge in [0, 0.05) is 5.56 Å². The normalized spacial score (nSPS) is 11.5. The van der Waals surface area contributed by atoms with E-state index in [0.29, 0.717) is 5.75 Å². The van der Waals surface area contributed by atoms with E-state index in [2.05, 4.69) is 57.2 Å². The summed E-state index contributed by atoms with van der Waals surface area (Å²) in [4.78, 5) is 0. The van der Waals surface area contributed by atoms with E-state index >= 15 is 0 Å². The Bertz CT molecular complexity index is 527. The van der Waals surface area contributed by atoms with E-state index < -0.39 is 0 Å². The van der Waals surface area contributed by atoms with Crippen LogP contribution < -0.4 is 21.2 Å². The molecule has 2 rings (SSSR count). The van der Waals surface area contributed by atoms with E-state index in [4.69, 9.17) is 0 Å². The predicted octanol–water partition coefficient (Wildman–Crippen LogP) is 0.818. The summed E-state index contributed by atoms with van der Waals surface area (Å²) in [5.41, 5.74) is 1.34. The fraction of sp³-hybridized carbons (Fsp3) is 0.250. The highest BCUT2D eigenvalue weighted by molar-refractivity contribution is 5.31. The lowest BCUT2D eigenvalue weighted by Gasteiger charge is -2.18. The first-order chi connectivity index (χ1) is 8.47. The maximum Gasteiger partial charge on any atom is 0.358 e. The summed E-state index contributed by atoms with van der Waals surface area (Å²) in [5, 5.41) is 9.68. The predicted molar refractivity (Wildman–Crippen MR) is 70.6 cm³/mol. The second-order valence-electron chi connectivity index (χ2n) is 5.30. The fourth-order valence-corrected chi connectivity index (χ4v) is 4.83. The van der Waals surface area contributed by atoms with Crippen molar-refractivity contribution < 1.29 is 26.3 Å². The summed E-state index contributed by atoms with van der Waals surface area (Å²) in [5.74, 6) is 0.362. The minimum Gasteiger partial charge on any atom is -0.508 e. The Balaban J connectivity index is 2.39. The van der Waals surface area contributed by atoms with Crippen molar-refractivity contribution in [3.05, 3.63) is 61.2 Å². The molecule has 94 valence electrons. The van der Waals surface area contributed by atoms with Crippen LogP contribution in [0.3, 0.4) is 0 Å². The summed E-state index contributed by atoms with van der Waals surface area (Å²) in [6, 6.07) is 16.4. The van der Waals surface area contributed by atoms with Crippen molar-refractivity contribution in [2.24, 2.45) is 0 Å². The van der Waals surface area contributed by atoms with Gasteiger partial charge in [0.2, 0.25) is 0 Å². The van der Waals surface area contributed by atoms with E-state index in [-0.39, 0.29) is 26.6 Å². The van der Waals surface area contributed by atoms with Crippen molar-refractivity contribution in [3.63, 3.8) is 0 Å². The molecule has 0 amide bonds. The maximum atomic E-state index is 9.68. The minimum atomic E-state index is -0.183. The van der Waals surface area contributed by atoms with Gasteiger partial charge in [0.15, 0.2) is 7.14 Å². The number of halogens is 1. The molecule has 0 aliphatic heterocycles. The van der Waals surface area contributed by atoms with Gasteiger partial charge in [-0.25, -0.2) is 0 Å². The molecule has 0 unspecified atom stereocenters. The second-order valence-corrected chi connectivity index (χ2v) is 8.25. The standard InChI is InChI=1S/C16H17IO/c1-16(2,3)14-11-13(18)9-10-15(14)17-12-7-5-4-6-8-12/h4-11H,1-3H3/p+1. The van der Waals surface area contributed by atoms with Crippen molar-refractivity contribution in [3.8, 4) is 5.75 Å². The largest absolute Gasteiger partial charge is 0.508 e. The molecular weight excluding hydrogens is 335 g/mol. The first-order valence-corrected chi connectivity index (χ1v) is 8.16. The first kappa shape index (κ1) is 13.4. The molecule has 18 heavy (non-hydrogen) atoms. The van der Waals surface area contributed by atoms with E-state index in [9.17, 15) is 5.11 Å². The third kappa shape index (κ3) is 3.25. The van der Waals surface area contributed by atoms with Crippen LogP contribution >= 0.6 is 0 Å². The molecule has 0 radical (unpaired) electrons. The highest BCUT2D eigenvalue weighted by atomic mass is 127. The van der Waals surface area contributed by atoms with Crippen LogP contribution in [0.4, 0.5) is 0 Å².